The van der Waals surface area contributed by atoms with Gasteiger partial charge < -0.3 is 34.3 Å². The first kappa shape index (κ1) is 52.9. The molecule has 1 saturated heterocycles. The Morgan fingerprint density at radius 3 is 1.60 bits per heavy atom. The Morgan fingerprint density at radius 2 is 1.05 bits per heavy atom. The summed E-state index contributed by atoms with van der Waals surface area (Å²) in [5.74, 6) is -2.01. The second-order valence-corrected chi connectivity index (χ2v) is 16.9. The summed E-state index contributed by atoms with van der Waals surface area (Å²) in [6.07, 6.45) is 29.0. The van der Waals surface area contributed by atoms with Gasteiger partial charge in [-0.15, -0.1) is 0 Å². The number of aliphatic hydroxyl groups is 3. The van der Waals surface area contributed by atoms with E-state index in [4.69, 9.17) is 18.9 Å². The van der Waals surface area contributed by atoms with Crippen LogP contribution < -0.4 is 0 Å². The van der Waals surface area contributed by atoms with E-state index < -0.39 is 71.2 Å². The van der Waals surface area contributed by atoms with Gasteiger partial charge in [-0.05, 0) is 51.4 Å². The van der Waals surface area contributed by atoms with E-state index >= 15 is 0 Å². The molecule has 2 unspecified atom stereocenters. The molecule has 4 N–H and O–H groups in total. The van der Waals surface area contributed by atoms with E-state index in [-0.39, 0.29) is 19.4 Å². The van der Waals surface area contributed by atoms with Crippen molar-refractivity contribution in [1.29, 1.82) is 0 Å². The van der Waals surface area contributed by atoms with Crippen molar-refractivity contribution < 1.29 is 56.8 Å². The Hall–Kier alpha value is -2.13. The fourth-order valence-corrected chi connectivity index (χ4v) is 7.20. The molecule has 0 saturated carbocycles. The predicted octanol–water partition coefficient (Wildman–Crippen LogP) is 8.61. The maximum Gasteiger partial charge on any atom is 0.306 e. The highest BCUT2D eigenvalue weighted by molar-refractivity contribution is 7.85. The smallest absolute Gasteiger partial charge is 0.306 e. The van der Waals surface area contributed by atoms with Gasteiger partial charge >= 0.3 is 11.9 Å². The van der Waals surface area contributed by atoms with Gasteiger partial charge in [0.25, 0.3) is 10.1 Å². The number of rotatable bonds is 36. The summed E-state index contributed by atoms with van der Waals surface area (Å²) in [6, 6.07) is 0. The minimum atomic E-state index is -4.60. The van der Waals surface area contributed by atoms with Crippen LogP contribution in [0.5, 0.6) is 0 Å². The molecule has 0 bridgehead atoms. The van der Waals surface area contributed by atoms with Crippen molar-refractivity contribution >= 4 is 22.1 Å². The topological polar surface area (TPSA) is 186 Å². The molecule has 1 rings (SSSR count). The van der Waals surface area contributed by atoms with Crippen molar-refractivity contribution in [2.24, 2.45) is 0 Å². The van der Waals surface area contributed by atoms with E-state index in [1.165, 1.54) is 70.6 Å². The van der Waals surface area contributed by atoms with E-state index in [0.29, 0.717) is 12.8 Å². The monoisotopic (exact) mass is 831 g/mol. The second-order valence-electron chi connectivity index (χ2n) is 15.4. The number of ether oxygens (including phenoxy) is 4. The SMILES string of the molecule is CCCCC/C=C/C/C=C/C/C=C/CCCCCCC(=O)O[C@H](COC(=O)CCCCCCCCCCCCCC)CO[C@H]1O[C@H](CS(=O)(=O)O)[C@@H](O)C(O)C1O. The van der Waals surface area contributed by atoms with Gasteiger partial charge in [0, 0.05) is 12.8 Å². The first-order valence-electron chi connectivity index (χ1n) is 22.0. The largest absolute Gasteiger partial charge is 0.462 e. The molecule has 6 atom stereocenters. The number of unbranched alkanes of at least 4 members (excludes halogenated alkanes) is 18. The average molecular weight is 831 g/mol. The molecule has 13 heteroatoms. The van der Waals surface area contributed by atoms with Crippen molar-refractivity contribution in [1.82, 2.24) is 0 Å². The molecular weight excluding hydrogens is 753 g/mol. The van der Waals surface area contributed by atoms with E-state index in [0.717, 1.165) is 64.2 Å². The molecule has 1 fully saturated rings. The summed E-state index contributed by atoms with van der Waals surface area (Å²) in [6.45, 7) is 3.70. The van der Waals surface area contributed by atoms with Gasteiger partial charge in [0.05, 0.1) is 6.61 Å². The third-order valence-corrected chi connectivity index (χ3v) is 10.7. The lowest BCUT2D eigenvalue weighted by atomic mass is 10.00. The normalized spacial score (nSPS) is 20.8. The Bertz CT molecular complexity index is 1200. The maximum atomic E-state index is 12.8. The van der Waals surface area contributed by atoms with Crippen LogP contribution in [-0.2, 0) is 38.7 Å². The molecule has 57 heavy (non-hydrogen) atoms. The lowest BCUT2D eigenvalue weighted by molar-refractivity contribution is -0.297. The van der Waals surface area contributed by atoms with Crippen LogP contribution in [0, 0.1) is 0 Å². The summed E-state index contributed by atoms with van der Waals surface area (Å²) in [4.78, 5) is 25.3. The van der Waals surface area contributed by atoms with Crippen molar-refractivity contribution in [3.05, 3.63) is 36.5 Å². The van der Waals surface area contributed by atoms with Gasteiger partial charge in [-0.1, -0.05) is 147 Å². The number of esters is 2. The fourth-order valence-electron chi connectivity index (χ4n) is 6.51. The second kappa shape index (κ2) is 34.7. The van der Waals surface area contributed by atoms with Gasteiger partial charge in [0.1, 0.15) is 36.8 Å². The number of carbonyl (C=O) groups is 2. The summed E-state index contributed by atoms with van der Waals surface area (Å²) >= 11 is 0. The van der Waals surface area contributed by atoms with Crippen molar-refractivity contribution in [3.8, 4) is 0 Å². The molecule has 0 aromatic rings. The van der Waals surface area contributed by atoms with Gasteiger partial charge in [-0.3, -0.25) is 14.1 Å². The van der Waals surface area contributed by atoms with Gasteiger partial charge in [0.2, 0.25) is 0 Å². The van der Waals surface area contributed by atoms with Crippen molar-refractivity contribution in [3.63, 3.8) is 0 Å². The predicted molar refractivity (Wildman–Crippen MR) is 224 cm³/mol. The van der Waals surface area contributed by atoms with E-state index in [1.807, 2.05) is 0 Å². The lowest BCUT2D eigenvalue weighted by Crippen LogP contribution is -2.60. The Kier molecular flexibility index (Phi) is 32.2. The third-order valence-electron chi connectivity index (χ3n) is 9.97. The molecular formula is C44H78O12S. The van der Waals surface area contributed by atoms with Crippen LogP contribution in [0.2, 0.25) is 0 Å². The van der Waals surface area contributed by atoms with Crippen LogP contribution in [0.1, 0.15) is 174 Å². The quantitative estimate of drug-likeness (QED) is 0.0204. The van der Waals surface area contributed by atoms with Crippen LogP contribution in [0.25, 0.3) is 0 Å². The summed E-state index contributed by atoms with van der Waals surface area (Å²) in [5.41, 5.74) is 0. The van der Waals surface area contributed by atoms with Crippen LogP contribution in [-0.4, -0.2) is 96.0 Å². The van der Waals surface area contributed by atoms with Crippen LogP contribution in [0.4, 0.5) is 0 Å². The highest BCUT2D eigenvalue weighted by atomic mass is 32.2. The molecule has 1 aliphatic rings. The van der Waals surface area contributed by atoms with Gasteiger partial charge in [-0.2, -0.15) is 8.42 Å². The van der Waals surface area contributed by atoms with Crippen LogP contribution >= 0.6 is 0 Å². The minimum Gasteiger partial charge on any atom is -0.462 e. The molecule has 0 aromatic heterocycles. The minimum absolute atomic E-state index is 0.140. The van der Waals surface area contributed by atoms with Crippen molar-refractivity contribution in [2.75, 3.05) is 19.0 Å². The Balaban J connectivity index is 2.48. The number of carbonyl (C=O) groups excluding carboxylic acids is 2. The zero-order chi connectivity index (χ0) is 42.0. The molecule has 0 amide bonds. The van der Waals surface area contributed by atoms with Crippen molar-refractivity contribution in [2.45, 2.75) is 211 Å². The molecule has 1 aliphatic heterocycles. The zero-order valence-electron chi connectivity index (χ0n) is 35.2. The Labute approximate surface area is 344 Å². The Morgan fingerprint density at radius 1 is 0.596 bits per heavy atom. The molecule has 0 aliphatic carbocycles. The fraction of sp³-hybridized carbons (Fsp3) is 0.818. The number of allylic oxidation sites excluding steroid dienone is 6. The molecule has 0 spiro atoms. The number of aliphatic hydroxyl groups excluding tert-OH is 3. The highest BCUT2D eigenvalue weighted by Crippen LogP contribution is 2.24. The number of hydrogen-bond acceptors (Lipinski definition) is 11. The molecule has 0 aromatic carbocycles. The average Bonchev–Trinajstić information content (AvgIpc) is 3.17. The maximum absolute atomic E-state index is 12.8. The number of hydrogen-bond donors (Lipinski definition) is 4. The highest BCUT2D eigenvalue weighted by Gasteiger charge is 2.46. The standard InChI is InChI=1S/C44H78O12S/c1-3-5-7-9-11-13-15-17-18-19-20-21-23-25-27-29-31-33-40(46)55-37(35-54-44-43(49)42(48)41(47)38(56-44)36-57(50,51)52)34-53-39(45)32-30-28-26-24-22-16-14-12-10-8-6-4-2/h11,13,17-18,20-21,37-38,41-44,47-49H,3-10,12,14-16,19,22-36H2,1-2H3,(H,50,51,52)/b13-11+,18-17+,21-20+/t37-,38-,41-,42?,43?,44+/m1/s1. The first-order valence-corrected chi connectivity index (χ1v) is 23.7. The first-order chi connectivity index (χ1) is 27.5. The van der Waals surface area contributed by atoms with Crippen LogP contribution in [0.3, 0.4) is 0 Å². The van der Waals surface area contributed by atoms with E-state index in [2.05, 4.69) is 50.3 Å². The molecule has 12 nitrogen and oxygen atoms in total. The summed E-state index contributed by atoms with van der Waals surface area (Å²) in [5, 5.41) is 30.8. The molecule has 1 heterocycles. The lowest BCUT2D eigenvalue weighted by Gasteiger charge is -2.40. The van der Waals surface area contributed by atoms with Gasteiger partial charge in [-0.25, -0.2) is 0 Å². The molecule has 0 radical (unpaired) electrons. The van der Waals surface area contributed by atoms with Gasteiger partial charge in [0.15, 0.2) is 12.4 Å². The van der Waals surface area contributed by atoms with E-state index in [1.54, 1.807) is 0 Å². The van der Waals surface area contributed by atoms with E-state index in [9.17, 15) is 37.9 Å². The molecule has 332 valence electrons. The van der Waals surface area contributed by atoms with Crippen LogP contribution in [0.15, 0.2) is 36.5 Å². The summed E-state index contributed by atoms with van der Waals surface area (Å²) < 4.78 is 54.0. The third kappa shape index (κ3) is 29.7. The zero-order valence-corrected chi connectivity index (χ0v) is 36.0. The summed E-state index contributed by atoms with van der Waals surface area (Å²) in [7, 11) is -4.60.